The van der Waals surface area contributed by atoms with E-state index in [4.69, 9.17) is 4.74 Å². The van der Waals surface area contributed by atoms with E-state index in [9.17, 15) is 4.79 Å². The minimum absolute atomic E-state index is 0.133. The van der Waals surface area contributed by atoms with Gasteiger partial charge in [0.15, 0.2) is 0 Å². The van der Waals surface area contributed by atoms with Gasteiger partial charge in [0.2, 0.25) is 5.91 Å². The fourth-order valence-electron chi connectivity index (χ4n) is 3.42. The highest BCUT2D eigenvalue weighted by Gasteiger charge is 2.16. The minimum atomic E-state index is 0.133. The highest BCUT2D eigenvalue weighted by atomic mass is 16.5. The van der Waals surface area contributed by atoms with Crippen molar-refractivity contribution in [3.05, 3.63) is 29.3 Å². The van der Waals surface area contributed by atoms with Crippen LogP contribution >= 0.6 is 0 Å². The second kappa shape index (κ2) is 9.81. The van der Waals surface area contributed by atoms with Gasteiger partial charge in [-0.05, 0) is 69.7 Å². The standard InChI is InChI=1S/C21H34N2O2/c1-15(2)11-17(4)25-20-12-16(3)5-7-19(20)14-23-21(24)8-6-18-9-10-22-13-18/h5,7,12,15,17-18,22H,6,8-11,13-14H2,1-4H3,(H,23,24). The van der Waals surface area contributed by atoms with Gasteiger partial charge in [-0.3, -0.25) is 4.79 Å². The molecule has 2 N–H and O–H groups in total. The molecule has 0 aliphatic carbocycles. The first-order valence-electron chi connectivity index (χ1n) is 9.67. The van der Waals surface area contributed by atoms with Gasteiger partial charge in [-0.1, -0.05) is 26.0 Å². The maximum Gasteiger partial charge on any atom is 0.220 e. The third-order valence-corrected chi connectivity index (χ3v) is 4.77. The van der Waals surface area contributed by atoms with E-state index < -0.39 is 0 Å². The van der Waals surface area contributed by atoms with E-state index in [0.29, 0.717) is 24.8 Å². The Labute approximate surface area is 152 Å². The van der Waals surface area contributed by atoms with Crippen molar-refractivity contribution in [1.82, 2.24) is 10.6 Å². The molecule has 1 saturated heterocycles. The summed E-state index contributed by atoms with van der Waals surface area (Å²) in [5.41, 5.74) is 2.23. The van der Waals surface area contributed by atoms with Crippen LogP contribution < -0.4 is 15.4 Å². The van der Waals surface area contributed by atoms with Crippen molar-refractivity contribution in [3.63, 3.8) is 0 Å². The molecule has 2 atom stereocenters. The lowest BCUT2D eigenvalue weighted by atomic mass is 10.0. The highest BCUT2D eigenvalue weighted by molar-refractivity contribution is 5.75. The average molecular weight is 347 g/mol. The second-order valence-corrected chi connectivity index (χ2v) is 7.84. The van der Waals surface area contributed by atoms with Gasteiger partial charge in [0.25, 0.3) is 0 Å². The van der Waals surface area contributed by atoms with Crippen LogP contribution in [0.2, 0.25) is 0 Å². The number of carbonyl (C=O) groups is 1. The summed E-state index contributed by atoms with van der Waals surface area (Å²) in [5, 5.41) is 6.41. The first kappa shape index (κ1) is 19.8. The molecule has 0 aromatic heterocycles. The van der Waals surface area contributed by atoms with Crippen LogP contribution in [0.3, 0.4) is 0 Å². The van der Waals surface area contributed by atoms with E-state index in [1.165, 1.54) is 12.0 Å². The van der Waals surface area contributed by atoms with Crippen molar-refractivity contribution in [2.45, 2.75) is 66.0 Å². The molecule has 1 amide bonds. The third-order valence-electron chi connectivity index (χ3n) is 4.77. The van der Waals surface area contributed by atoms with Crippen molar-refractivity contribution in [2.24, 2.45) is 11.8 Å². The van der Waals surface area contributed by atoms with Crippen LogP contribution in [0.5, 0.6) is 5.75 Å². The Hall–Kier alpha value is -1.55. The van der Waals surface area contributed by atoms with Gasteiger partial charge >= 0.3 is 0 Å². The predicted molar refractivity (Wildman–Crippen MR) is 103 cm³/mol. The van der Waals surface area contributed by atoms with E-state index >= 15 is 0 Å². The first-order valence-corrected chi connectivity index (χ1v) is 9.67. The van der Waals surface area contributed by atoms with Crippen LogP contribution in [0.15, 0.2) is 18.2 Å². The summed E-state index contributed by atoms with van der Waals surface area (Å²) < 4.78 is 6.15. The Morgan fingerprint density at radius 1 is 1.36 bits per heavy atom. The summed E-state index contributed by atoms with van der Waals surface area (Å²) in [6.07, 6.45) is 3.97. The number of carbonyl (C=O) groups excluding carboxylic acids is 1. The van der Waals surface area contributed by atoms with E-state index in [0.717, 1.165) is 37.2 Å². The van der Waals surface area contributed by atoms with Crippen molar-refractivity contribution < 1.29 is 9.53 Å². The van der Waals surface area contributed by atoms with Crippen LogP contribution in [-0.4, -0.2) is 25.1 Å². The molecule has 25 heavy (non-hydrogen) atoms. The summed E-state index contributed by atoms with van der Waals surface area (Å²) in [6.45, 7) is 11.3. The van der Waals surface area contributed by atoms with Crippen LogP contribution in [0.1, 0.15) is 57.6 Å². The monoisotopic (exact) mass is 346 g/mol. The number of hydrogen-bond donors (Lipinski definition) is 2. The molecule has 4 heteroatoms. The molecule has 0 bridgehead atoms. The lowest BCUT2D eigenvalue weighted by Crippen LogP contribution is -2.24. The van der Waals surface area contributed by atoms with Gasteiger partial charge in [0.1, 0.15) is 5.75 Å². The molecule has 0 radical (unpaired) electrons. The molecule has 1 fully saturated rings. The van der Waals surface area contributed by atoms with Gasteiger partial charge in [-0.25, -0.2) is 0 Å². The number of benzene rings is 1. The summed E-state index contributed by atoms with van der Waals surface area (Å²) in [7, 11) is 0. The number of rotatable bonds is 9. The molecular weight excluding hydrogens is 312 g/mol. The molecule has 2 rings (SSSR count). The number of hydrogen-bond acceptors (Lipinski definition) is 3. The van der Waals surface area contributed by atoms with Crippen LogP contribution in [0.25, 0.3) is 0 Å². The summed E-state index contributed by atoms with van der Waals surface area (Å²) in [6, 6.07) is 6.21. The molecule has 4 nitrogen and oxygen atoms in total. The molecule has 0 saturated carbocycles. The van der Waals surface area contributed by atoms with E-state index in [2.05, 4.69) is 56.5 Å². The molecule has 2 unspecified atom stereocenters. The van der Waals surface area contributed by atoms with Crippen molar-refractivity contribution in [1.29, 1.82) is 0 Å². The van der Waals surface area contributed by atoms with Gasteiger partial charge in [-0.2, -0.15) is 0 Å². The molecule has 1 aliphatic rings. The maximum atomic E-state index is 12.1. The molecule has 1 heterocycles. The number of nitrogens with one attached hydrogen (secondary N) is 2. The van der Waals surface area contributed by atoms with Crippen LogP contribution in [0.4, 0.5) is 0 Å². The largest absolute Gasteiger partial charge is 0.490 e. The van der Waals surface area contributed by atoms with Gasteiger partial charge in [0.05, 0.1) is 6.10 Å². The molecular formula is C21H34N2O2. The Morgan fingerprint density at radius 2 is 2.16 bits per heavy atom. The second-order valence-electron chi connectivity index (χ2n) is 7.84. The number of ether oxygens (including phenoxy) is 1. The number of aryl methyl sites for hydroxylation is 1. The fraction of sp³-hybridized carbons (Fsp3) is 0.667. The Bertz CT molecular complexity index is 551. The van der Waals surface area contributed by atoms with Gasteiger partial charge < -0.3 is 15.4 Å². The lowest BCUT2D eigenvalue weighted by Gasteiger charge is -2.20. The average Bonchev–Trinajstić information content (AvgIpc) is 3.04. The Balaban J connectivity index is 1.86. The van der Waals surface area contributed by atoms with Gasteiger partial charge in [-0.15, -0.1) is 0 Å². The van der Waals surface area contributed by atoms with E-state index in [-0.39, 0.29) is 12.0 Å². The SMILES string of the molecule is Cc1ccc(CNC(=O)CCC2CCNC2)c(OC(C)CC(C)C)c1. The quantitative estimate of drug-likeness (QED) is 0.715. The smallest absolute Gasteiger partial charge is 0.220 e. The third kappa shape index (κ3) is 7.07. The van der Waals surface area contributed by atoms with Gasteiger partial charge in [0, 0.05) is 18.5 Å². The molecule has 1 aliphatic heterocycles. The molecule has 1 aromatic rings. The Morgan fingerprint density at radius 3 is 2.84 bits per heavy atom. The summed E-state index contributed by atoms with van der Waals surface area (Å²) in [5.74, 6) is 2.29. The van der Waals surface area contributed by atoms with Crippen LogP contribution in [0, 0.1) is 18.8 Å². The maximum absolute atomic E-state index is 12.1. The first-order chi connectivity index (χ1) is 11.9. The highest BCUT2D eigenvalue weighted by Crippen LogP contribution is 2.23. The zero-order valence-electron chi connectivity index (χ0n) is 16.2. The van der Waals surface area contributed by atoms with Crippen molar-refractivity contribution in [2.75, 3.05) is 13.1 Å². The zero-order valence-corrected chi connectivity index (χ0v) is 16.2. The lowest BCUT2D eigenvalue weighted by molar-refractivity contribution is -0.121. The summed E-state index contributed by atoms with van der Waals surface area (Å²) in [4.78, 5) is 12.1. The molecule has 140 valence electrons. The number of amides is 1. The zero-order chi connectivity index (χ0) is 18.2. The minimum Gasteiger partial charge on any atom is -0.490 e. The van der Waals surface area contributed by atoms with Crippen LogP contribution in [-0.2, 0) is 11.3 Å². The Kier molecular flexibility index (Phi) is 7.76. The van der Waals surface area contributed by atoms with Crippen molar-refractivity contribution >= 4 is 5.91 Å². The van der Waals surface area contributed by atoms with E-state index in [1.807, 2.05) is 0 Å². The topological polar surface area (TPSA) is 50.4 Å². The fourth-order valence-corrected chi connectivity index (χ4v) is 3.42. The molecule has 1 aromatic carbocycles. The normalized spacial score (nSPS) is 18.4. The molecule has 0 spiro atoms. The summed E-state index contributed by atoms with van der Waals surface area (Å²) >= 11 is 0. The van der Waals surface area contributed by atoms with Crippen molar-refractivity contribution in [3.8, 4) is 5.75 Å². The van der Waals surface area contributed by atoms with E-state index in [1.54, 1.807) is 0 Å². The predicted octanol–water partition coefficient (Wildman–Crippen LogP) is 3.81.